The summed E-state index contributed by atoms with van der Waals surface area (Å²) in [4.78, 5) is 35.3. The topological polar surface area (TPSA) is 68.8 Å². The summed E-state index contributed by atoms with van der Waals surface area (Å²) < 4.78 is 39.7. The second-order valence-electron chi connectivity index (χ2n) is 12.1. The van der Waals surface area contributed by atoms with Crippen LogP contribution >= 0.6 is 11.6 Å². The number of hydrogen-bond donors (Lipinski definition) is 1. The normalized spacial score (nSPS) is 20.1. The van der Waals surface area contributed by atoms with Gasteiger partial charge in [-0.05, 0) is 53.5 Å². The van der Waals surface area contributed by atoms with E-state index in [4.69, 9.17) is 11.6 Å². The average Bonchev–Trinajstić information content (AvgIpc) is 2.93. The van der Waals surface area contributed by atoms with Gasteiger partial charge in [-0.1, -0.05) is 50.6 Å². The molecule has 0 radical (unpaired) electrons. The van der Waals surface area contributed by atoms with E-state index in [0.717, 1.165) is 24.5 Å². The lowest BCUT2D eigenvalue weighted by molar-refractivity contribution is -0.141. The van der Waals surface area contributed by atoms with E-state index >= 15 is 0 Å². The van der Waals surface area contributed by atoms with Crippen molar-refractivity contribution >= 4 is 23.5 Å². The first-order chi connectivity index (χ1) is 19.3. The molecule has 2 aliphatic heterocycles. The number of nitrogens with one attached hydrogen (secondary N) is 1. The number of urea groups is 1. The molecule has 2 aromatic rings. The number of piperazine rings is 1. The Hall–Kier alpha value is -2.85. The molecule has 2 saturated heterocycles. The minimum absolute atomic E-state index is 0.0859. The molecule has 1 unspecified atom stereocenters. The summed E-state index contributed by atoms with van der Waals surface area (Å²) in [6.45, 7) is 9.23. The maximum Gasteiger partial charge on any atom is 0.433 e. The number of piperidine rings is 1. The Balaban J connectivity index is 1.54. The zero-order valence-electron chi connectivity index (χ0n) is 24.0. The highest BCUT2D eigenvalue weighted by atomic mass is 35.5. The van der Waals surface area contributed by atoms with Gasteiger partial charge < -0.3 is 15.1 Å². The van der Waals surface area contributed by atoms with Crippen molar-refractivity contribution in [2.45, 2.75) is 58.3 Å². The molecule has 0 bridgehead atoms. The molecule has 3 amide bonds. The molecule has 224 valence electrons. The number of carbonyl (C=O) groups is 2. The molecule has 41 heavy (non-hydrogen) atoms. The molecular weight excluding hydrogens is 555 g/mol. The molecule has 0 aliphatic carbocycles. The maximum atomic E-state index is 13.7. The monoisotopic (exact) mass is 593 g/mol. The first-order valence-electron chi connectivity index (χ1n) is 14.1. The van der Waals surface area contributed by atoms with Crippen LogP contribution in [-0.4, -0.2) is 77.4 Å². The molecule has 2 atom stereocenters. The third-order valence-electron chi connectivity index (χ3n) is 8.25. The number of nitrogens with zero attached hydrogens (tertiary/aromatic N) is 4. The Labute approximate surface area is 245 Å². The molecule has 1 aromatic carbocycles. The van der Waals surface area contributed by atoms with Gasteiger partial charge in [0.25, 0.3) is 0 Å². The van der Waals surface area contributed by atoms with Crippen LogP contribution in [0.5, 0.6) is 0 Å². The van der Waals surface area contributed by atoms with Gasteiger partial charge in [0.15, 0.2) is 0 Å². The summed E-state index contributed by atoms with van der Waals surface area (Å²) in [5.74, 6) is 0.337. The van der Waals surface area contributed by atoms with Gasteiger partial charge in [0.05, 0.1) is 6.04 Å². The third kappa shape index (κ3) is 7.52. The van der Waals surface area contributed by atoms with Gasteiger partial charge in [0.1, 0.15) is 5.69 Å². The predicted octanol–water partition coefficient (Wildman–Crippen LogP) is 5.84. The fourth-order valence-corrected chi connectivity index (χ4v) is 6.06. The number of carbonyl (C=O) groups excluding carboxylic acids is 2. The van der Waals surface area contributed by atoms with Crippen molar-refractivity contribution in [1.82, 2.24) is 25.0 Å². The Morgan fingerprint density at radius 2 is 1.63 bits per heavy atom. The SMILES string of the molecule is CNC(=O)N1CCC(CC(=O)N2CCN(C(c3ccc(Cl)cc3)c3ccc(C(F)(F)F)nc3)C[C@@H]2C(C)(C)C)CC1. The fraction of sp³-hybridized carbons (Fsp3) is 0.567. The summed E-state index contributed by atoms with van der Waals surface area (Å²) in [6.07, 6.45) is -1.19. The van der Waals surface area contributed by atoms with E-state index in [-0.39, 0.29) is 35.4 Å². The average molecular weight is 594 g/mol. The van der Waals surface area contributed by atoms with E-state index in [1.165, 1.54) is 12.3 Å². The van der Waals surface area contributed by atoms with Crippen LogP contribution in [0, 0.1) is 11.3 Å². The lowest BCUT2D eigenvalue weighted by Crippen LogP contribution is -2.60. The van der Waals surface area contributed by atoms with E-state index in [0.29, 0.717) is 49.7 Å². The van der Waals surface area contributed by atoms with Gasteiger partial charge in [0, 0.05) is 63.5 Å². The lowest BCUT2D eigenvalue weighted by Gasteiger charge is -2.49. The van der Waals surface area contributed by atoms with Gasteiger partial charge in [-0.15, -0.1) is 0 Å². The highest BCUT2D eigenvalue weighted by molar-refractivity contribution is 6.30. The molecule has 1 aromatic heterocycles. The standard InChI is InChI=1S/C30H39ClF3N5O2/c1-29(2,3)25-19-38(15-16-39(25)26(40)17-20-11-13-37(14-12-20)28(41)35-4)27(21-5-8-23(31)9-6-21)22-7-10-24(36-18-22)30(32,33)34/h5-10,18,20,25,27H,11-17,19H2,1-4H3,(H,35,41)/t25-,27?/m1/s1. The molecule has 2 aliphatic rings. The number of likely N-dealkylation sites (tertiary alicyclic amines) is 1. The van der Waals surface area contributed by atoms with Crippen molar-refractivity contribution in [2.75, 3.05) is 39.8 Å². The second-order valence-corrected chi connectivity index (χ2v) is 12.5. The van der Waals surface area contributed by atoms with Gasteiger partial charge in [-0.2, -0.15) is 13.2 Å². The van der Waals surface area contributed by atoms with Crippen LogP contribution in [0.4, 0.5) is 18.0 Å². The highest BCUT2D eigenvalue weighted by Crippen LogP contribution is 2.37. The van der Waals surface area contributed by atoms with Crippen molar-refractivity contribution in [2.24, 2.45) is 11.3 Å². The minimum Gasteiger partial charge on any atom is -0.341 e. The second kappa shape index (κ2) is 12.6. The first kappa shape index (κ1) is 31.1. The Morgan fingerprint density at radius 1 is 1.00 bits per heavy atom. The van der Waals surface area contributed by atoms with Crippen LogP contribution in [0.15, 0.2) is 42.6 Å². The van der Waals surface area contributed by atoms with Crippen molar-refractivity contribution in [3.8, 4) is 0 Å². The van der Waals surface area contributed by atoms with Crippen LogP contribution in [0.1, 0.15) is 62.9 Å². The molecule has 7 nitrogen and oxygen atoms in total. The molecular formula is C30H39ClF3N5O2. The number of alkyl halides is 3. The number of amides is 3. The van der Waals surface area contributed by atoms with E-state index in [1.807, 2.05) is 17.0 Å². The van der Waals surface area contributed by atoms with Crippen molar-refractivity contribution in [3.05, 3.63) is 64.4 Å². The number of rotatable bonds is 5. The van der Waals surface area contributed by atoms with Gasteiger partial charge in [-0.25, -0.2) is 4.79 Å². The van der Waals surface area contributed by atoms with Crippen LogP contribution in [0.3, 0.4) is 0 Å². The number of aromatic nitrogens is 1. The number of benzene rings is 1. The van der Waals surface area contributed by atoms with Crippen molar-refractivity contribution < 1.29 is 22.8 Å². The first-order valence-corrected chi connectivity index (χ1v) is 14.4. The van der Waals surface area contributed by atoms with Gasteiger partial charge >= 0.3 is 12.2 Å². The summed E-state index contributed by atoms with van der Waals surface area (Å²) in [5.41, 5.74) is 0.377. The number of pyridine rings is 1. The maximum absolute atomic E-state index is 13.7. The summed E-state index contributed by atoms with van der Waals surface area (Å²) >= 11 is 6.15. The van der Waals surface area contributed by atoms with E-state index in [9.17, 15) is 22.8 Å². The molecule has 3 heterocycles. The summed E-state index contributed by atoms with van der Waals surface area (Å²) in [7, 11) is 1.62. The van der Waals surface area contributed by atoms with Crippen LogP contribution in [-0.2, 0) is 11.0 Å². The quantitative estimate of drug-likeness (QED) is 0.473. The highest BCUT2D eigenvalue weighted by Gasteiger charge is 2.41. The third-order valence-corrected chi connectivity index (χ3v) is 8.51. The summed E-state index contributed by atoms with van der Waals surface area (Å²) in [5, 5.41) is 3.23. The van der Waals surface area contributed by atoms with E-state index in [2.05, 4.69) is 36.0 Å². The van der Waals surface area contributed by atoms with Gasteiger partial charge in [-0.3, -0.25) is 14.7 Å². The minimum atomic E-state index is -4.52. The summed E-state index contributed by atoms with van der Waals surface area (Å²) in [6, 6.07) is 9.30. The zero-order chi connectivity index (χ0) is 29.9. The van der Waals surface area contributed by atoms with Crippen molar-refractivity contribution in [1.29, 1.82) is 0 Å². The zero-order valence-corrected chi connectivity index (χ0v) is 24.8. The molecule has 11 heteroatoms. The number of hydrogen-bond acceptors (Lipinski definition) is 4. The molecule has 4 rings (SSSR count). The van der Waals surface area contributed by atoms with Crippen LogP contribution in [0.25, 0.3) is 0 Å². The van der Waals surface area contributed by atoms with E-state index in [1.54, 1.807) is 24.1 Å². The predicted molar refractivity (Wildman–Crippen MR) is 152 cm³/mol. The smallest absolute Gasteiger partial charge is 0.341 e. The molecule has 0 saturated carbocycles. The van der Waals surface area contributed by atoms with Crippen LogP contribution in [0.2, 0.25) is 5.02 Å². The number of halogens is 4. The largest absolute Gasteiger partial charge is 0.433 e. The van der Waals surface area contributed by atoms with Crippen molar-refractivity contribution in [3.63, 3.8) is 0 Å². The van der Waals surface area contributed by atoms with E-state index < -0.39 is 11.9 Å². The lowest BCUT2D eigenvalue weighted by atomic mass is 9.82. The van der Waals surface area contributed by atoms with Crippen LogP contribution < -0.4 is 5.32 Å². The molecule has 1 N–H and O–H groups in total. The Kier molecular flexibility index (Phi) is 9.53. The fourth-order valence-electron chi connectivity index (χ4n) is 5.93. The molecule has 0 spiro atoms. The van der Waals surface area contributed by atoms with Gasteiger partial charge in [0.2, 0.25) is 5.91 Å². The Bertz CT molecular complexity index is 1190. The Morgan fingerprint density at radius 3 is 2.17 bits per heavy atom. The molecule has 2 fully saturated rings.